The van der Waals surface area contributed by atoms with Crippen molar-refractivity contribution in [3.05, 3.63) is 34.6 Å². The Bertz CT molecular complexity index is 989. The summed E-state index contributed by atoms with van der Waals surface area (Å²) in [7, 11) is 0. The first-order valence-corrected chi connectivity index (χ1v) is 10.1. The molecule has 6 nitrogen and oxygen atoms in total. The summed E-state index contributed by atoms with van der Waals surface area (Å²) in [5, 5.41) is 5.33. The average molecular weight is 401 g/mol. The van der Waals surface area contributed by atoms with E-state index in [1.807, 2.05) is 19.9 Å². The smallest absolute Gasteiger partial charge is 0.263 e. The normalized spacial score (nSPS) is 14.2. The highest BCUT2D eigenvalue weighted by Gasteiger charge is 2.26. The number of hydrogen-bond acceptors (Lipinski definition) is 6. The lowest BCUT2D eigenvalue weighted by Gasteiger charge is -2.29. The van der Waals surface area contributed by atoms with Crippen LogP contribution in [0.1, 0.15) is 45.0 Å². The molecule has 0 saturated carbocycles. The van der Waals surface area contributed by atoms with Crippen LogP contribution in [0.5, 0.6) is 0 Å². The number of pyridine rings is 1. The van der Waals surface area contributed by atoms with Crippen molar-refractivity contribution in [3.63, 3.8) is 0 Å². The molecule has 1 fully saturated rings. The van der Waals surface area contributed by atoms with Crippen LogP contribution in [0.2, 0.25) is 5.02 Å². The summed E-state index contributed by atoms with van der Waals surface area (Å²) in [4.78, 5) is 22.9. The molecule has 1 aliphatic heterocycles. The van der Waals surface area contributed by atoms with Crippen LogP contribution in [0, 0.1) is 6.92 Å². The van der Waals surface area contributed by atoms with Gasteiger partial charge < -0.3 is 9.42 Å². The van der Waals surface area contributed by atoms with Crippen LogP contribution in [0.25, 0.3) is 22.4 Å². The standard InChI is InChI=1S/C19H19ClN4O2.C2H6/c1-3-12-4-5-15-14(10-12)17(20)16(19-21-11(2)23-26-19)18(22-15)24-8-6-13(25)7-9-24;1-2/h4-5,10H,3,6-9H2,1-2H3;1-2H3. The number of halogens is 1. The van der Waals surface area contributed by atoms with Gasteiger partial charge in [0.05, 0.1) is 10.5 Å². The summed E-state index contributed by atoms with van der Waals surface area (Å²) in [6.07, 6.45) is 1.93. The van der Waals surface area contributed by atoms with Gasteiger partial charge in [0.15, 0.2) is 5.82 Å². The molecule has 1 aliphatic rings. The lowest BCUT2D eigenvalue weighted by Crippen LogP contribution is -2.34. The van der Waals surface area contributed by atoms with Crippen molar-refractivity contribution in [1.82, 2.24) is 15.1 Å². The molecule has 4 rings (SSSR count). The molecule has 0 aliphatic carbocycles. The first-order valence-electron chi connectivity index (χ1n) is 9.76. The van der Waals surface area contributed by atoms with Gasteiger partial charge in [-0.1, -0.05) is 43.6 Å². The molecule has 0 radical (unpaired) electrons. The zero-order chi connectivity index (χ0) is 20.3. The van der Waals surface area contributed by atoms with Crippen molar-refractivity contribution in [1.29, 1.82) is 0 Å². The van der Waals surface area contributed by atoms with Crippen LogP contribution < -0.4 is 4.90 Å². The zero-order valence-corrected chi connectivity index (χ0v) is 17.5. The first-order chi connectivity index (χ1) is 13.6. The van der Waals surface area contributed by atoms with Gasteiger partial charge in [0.2, 0.25) is 0 Å². The maximum atomic E-state index is 11.6. The van der Waals surface area contributed by atoms with Crippen LogP contribution in [-0.4, -0.2) is 34.0 Å². The van der Waals surface area contributed by atoms with Gasteiger partial charge in [0.25, 0.3) is 5.89 Å². The second-order valence-electron chi connectivity index (χ2n) is 6.50. The molecule has 28 heavy (non-hydrogen) atoms. The number of benzene rings is 1. The Morgan fingerprint density at radius 2 is 1.89 bits per heavy atom. The van der Waals surface area contributed by atoms with E-state index in [-0.39, 0.29) is 5.78 Å². The fourth-order valence-corrected chi connectivity index (χ4v) is 3.58. The molecule has 0 spiro atoms. The van der Waals surface area contributed by atoms with Crippen LogP contribution in [0.3, 0.4) is 0 Å². The number of fused-ring (bicyclic) bond motifs is 1. The van der Waals surface area contributed by atoms with Crippen molar-refractivity contribution < 1.29 is 9.32 Å². The number of ketones is 1. The number of aromatic nitrogens is 3. The van der Waals surface area contributed by atoms with Crippen LogP contribution >= 0.6 is 11.6 Å². The third-order valence-corrected chi connectivity index (χ3v) is 5.13. The summed E-state index contributed by atoms with van der Waals surface area (Å²) in [5.74, 6) is 1.87. The number of piperidine rings is 1. The molecule has 3 aromatic rings. The molecule has 1 saturated heterocycles. The summed E-state index contributed by atoms with van der Waals surface area (Å²) >= 11 is 6.81. The lowest BCUT2D eigenvalue weighted by molar-refractivity contribution is -0.119. The van der Waals surface area contributed by atoms with E-state index in [9.17, 15) is 4.79 Å². The Balaban J connectivity index is 0.00000109. The Kier molecular flexibility index (Phi) is 6.29. The Morgan fingerprint density at radius 3 is 2.50 bits per heavy atom. The molecular formula is C21H25ClN4O2. The largest absolute Gasteiger partial charge is 0.355 e. The Labute approximate surface area is 169 Å². The molecular weight excluding hydrogens is 376 g/mol. The lowest BCUT2D eigenvalue weighted by atomic mass is 10.0. The van der Waals surface area contributed by atoms with Crippen LogP contribution in [0.4, 0.5) is 5.82 Å². The van der Waals surface area contributed by atoms with Gasteiger partial charge in [-0.05, 0) is 31.0 Å². The SMILES string of the molecule is CC.CCc1ccc2nc(N3CCC(=O)CC3)c(-c3nc(C)no3)c(Cl)c2c1. The number of nitrogens with zero attached hydrogens (tertiary/aromatic N) is 4. The zero-order valence-electron chi connectivity index (χ0n) is 16.8. The highest BCUT2D eigenvalue weighted by molar-refractivity contribution is 6.38. The predicted octanol–water partition coefficient (Wildman–Crippen LogP) is 5.00. The van der Waals surface area contributed by atoms with E-state index in [0.717, 1.165) is 17.3 Å². The second kappa shape index (κ2) is 8.69. The van der Waals surface area contributed by atoms with Crippen molar-refractivity contribution in [2.24, 2.45) is 0 Å². The highest BCUT2D eigenvalue weighted by atomic mass is 35.5. The number of carbonyl (C=O) groups is 1. The van der Waals surface area contributed by atoms with E-state index < -0.39 is 0 Å². The number of rotatable bonds is 3. The van der Waals surface area contributed by atoms with Crippen molar-refractivity contribution >= 4 is 34.1 Å². The summed E-state index contributed by atoms with van der Waals surface area (Å²) in [6, 6.07) is 6.11. The number of aryl methyl sites for hydroxylation is 2. The van der Waals surface area contributed by atoms with E-state index in [0.29, 0.717) is 54.1 Å². The van der Waals surface area contributed by atoms with E-state index in [1.54, 1.807) is 6.92 Å². The Hall–Kier alpha value is -2.47. The minimum Gasteiger partial charge on any atom is -0.355 e. The van der Waals surface area contributed by atoms with Crippen molar-refractivity contribution in [2.75, 3.05) is 18.0 Å². The van der Waals surface area contributed by atoms with Gasteiger partial charge in [0.1, 0.15) is 17.2 Å². The van der Waals surface area contributed by atoms with Crippen LogP contribution in [-0.2, 0) is 11.2 Å². The van der Waals surface area contributed by atoms with E-state index in [1.165, 1.54) is 5.56 Å². The van der Waals surface area contributed by atoms with Gasteiger partial charge >= 0.3 is 0 Å². The third-order valence-electron chi connectivity index (χ3n) is 4.74. The minimum absolute atomic E-state index is 0.274. The number of Topliss-reactive ketones (excluding diaryl/α,β-unsaturated/α-hetero) is 1. The van der Waals surface area contributed by atoms with Gasteiger partial charge in [-0.15, -0.1) is 0 Å². The summed E-state index contributed by atoms with van der Waals surface area (Å²) in [6.45, 7) is 9.09. The minimum atomic E-state index is 0.274. The molecule has 0 N–H and O–H groups in total. The fourth-order valence-electron chi connectivity index (χ4n) is 3.26. The number of carbonyl (C=O) groups excluding carboxylic acids is 1. The molecule has 0 unspecified atom stereocenters. The predicted molar refractivity (Wildman–Crippen MR) is 112 cm³/mol. The molecule has 1 aromatic carbocycles. The Morgan fingerprint density at radius 1 is 1.18 bits per heavy atom. The average Bonchev–Trinajstić information content (AvgIpc) is 3.15. The van der Waals surface area contributed by atoms with E-state index >= 15 is 0 Å². The van der Waals surface area contributed by atoms with Crippen molar-refractivity contribution in [2.45, 2.75) is 47.0 Å². The maximum Gasteiger partial charge on any atom is 0.263 e. The van der Waals surface area contributed by atoms with Crippen molar-refractivity contribution in [3.8, 4) is 11.5 Å². The molecule has 3 heterocycles. The molecule has 0 bridgehead atoms. The van der Waals surface area contributed by atoms with Gasteiger partial charge in [-0.2, -0.15) is 4.98 Å². The topological polar surface area (TPSA) is 72.1 Å². The highest BCUT2D eigenvalue weighted by Crippen LogP contribution is 2.40. The van der Waals surface area contributed by atoms with Gasteiger partial charge in [0, 0.05) is 31.3 Å². The van der Waals surface area contributed by atoms with Crippen LogP contribution in [0.15, 0.2) is 22.7 Å². The molecule has 0 atom stereocenters. The molecule has 7 heteroatoms. The summed E-state index contributed by atoms with van der Waals surface area (Å²) < 4.78 is 5.41. The maximum absolute atomic E-state index is 11.6. The fraction of sp³-hybridized carbons (Fsp3) is 0.429. The number of hydrogen-bond donors (Lipinski definition) is 0. The third kappa shape index (κ3) is 3.87. The quantitative estimate of drug-likeness (QED) is 0.615. The van der Waals surface area contributed by atoms with E-state index in [2.05, 4.69) is 34.1 Å². The second-order valence-corrected chi connectivity index (χ2v) is 6.88. The molecule has 0 amide bonds. The summed E-state index contributed by atoms with van der Waals surface area (Å²) in [5.41, 5.74) is 2.65. The van der Waals surface area contributed by atoms with Gasteiger partial charge in [-0.25, -0.2) is 4.98 Å². The molecule has 148 valence electrons. The van der Waals surface area contributed by atoms with Gasteiger partial charge in [-0.3, -0.25) is 4.79 Å². The van der Waals surface area contributed by atoms with E-state index in [4.69, 9.17) is 21.1 Å². The monoisotopic (exact) mass is 400 g/mol. The first kappa shape index (κ1) is 20.3. The number of anilines is 1. The molecule has 2 aromatic heterocycles.